The molecule has 1 aliphatic rings. The second kappa shape index (κ2) is 12.8. The molecule has 0 aliphatic heterocycles. The molecule has 1 aliphatic carbocycles. The van der Waals surface area contributed by atoms with Crippen molar-refractivity contribution in [2.45, 2.75) is 111 Å². The van der Waals surface area contributed by atoms with E-state index < -0.39 is 12.1 Å². The molecule has 1 rings (SSSR count). The number of amides is 2. The Morgan fingerprint density at radius 3 is 2.04 bits per heavy atom. The highest BCUT2D eigenvalue weighted by Crippen LogP contribution is 2.21. The summed E-state index contributed by atoms with van der Waals surface area (Å²) in [5.74, 6) is -0.969. The summed E-state index contributed by atoms with van der Waals surface area (Å²) in [6.07, 6.45) is 8.37. The number of esters is 1. The molecule has 0 saturated heterocycles. The monoisotopic (exact) mass is 396 g/mol. The molecule has 0 spiro atoms. The second-order valence-electron chi connectivity index (χ2n) is 8.67. The van der Waals surface area contributed by atoms with Crippen LogP contribution in [0.15, 0.2) is 0 Å². The summed E-state index contributed by atoms with van der Waals surface area (Å²) in [4.78, 5) is 37.7. The number of hydrogen-bond donors (Lipinski definition) is 2. The van der Waals surface area contributed by atoms with E-state index in [1.165, 1.54) is 6.42 Å². The van der Waals surface area contributed by atoms with E-state index in [9.17, 15) is 14.4 Å². The lowest BCUT2D eigenvalue weighted by Crippen LogP contribution is -2.55. The number of hydrogen-bond acceptors (Lipinski definition) is 4. The largest absolute Gasteiger partial charge is 0.461 e. The van der Waals surface area contributed by atoms with Crippen LogP contribution in [0.4, 0.5) is 0 Å². The van der Waals surface area contributed by atoms with Gasteiger partial charge in [-0.05, 0) is 43.9 Å². The molecule has 2 atom stereocenters. The van der Waals surface area contributed by atoms with E-state index in [1.54, 1.807) is 0 Å². The molecule has 6 heteroatoms. The van der Waals surface area contributed by atoms with Gasteiger partial charge in [0.05, 0.1) is 0 Å². The van der Waals surface area contributed by atoms with Gasteiger partial charge in [-0.15, -0.1) is 0 Å². The van der Waals surface area contributed by atoms with Crippen LogP contribution < -0.4 is 10.6 Å². The fourth-order valence-corrected chi connectivity index (χ4v) is 3.48. The first-order chi connectivity index (χ1) is 13.3. The molecule has 28 heavy (non-hydrogen) atoms. The van der Waals surface area contributed by atoms with Gasteiger partial charge in [-0.3, -0.25) is 9.59 Å². The van der Waals surface area contributed by atoms with Crippen LogP contribution in [0, 0.1) is 11.8 Å². The van der Waals surface area contributed by atoms with E-state index in [0.717, 1.165) is 44.9 Å². The fraction of sp³-hybridized carbons (Fsp3) is 0.864. The van der Waals surface area contributed by atoms with Gasteiger partial charge < -0.3 is 15.4 Å². The van der Waals surface area contributed by atoms with Crippen molar-refractivity contribution in [3.05, 3.63) is 0 Å². The maximum Gasteiger partial charge on any atom is 0.329 e. The number of ether oxygens (including phenoxy) is 1. The lowest BCUT2D eigenvalue weighted by atomic mass is 9.97. The Kier molecular flexibility index (Phi) is 11.2. The van der Waals surface area contributed by atoms with Crippen molar-refractivity contribution in [3.8, 4) is 0 Å². The van der Waals surface area contributed by atoms with Gasteiger partial charge in [0, 0.05) is 6.42 Å². The third kappa shape index (κ3) is 8.61. The highest BCUT2D eigenvalue weighted by atomic mass is 16.5. The van der Waals surface area contributed by atoms with Crippen LogP contribution in [0.5, 0.6) is 0 Å². The van der Waals surface area contributed by atoms with Crippen LogP contribution >= 0.6 is 0 Å². The molecule has 0 aromatic carbocycles. The van der Waals surface area contributed by atoms with Crippen molar-refractivity contribution >= 4 is 17.8 Å². The van der Waals surface area contributed by atoms with Crippen molar-refractivity contribution in [2.24, 2.45) is 11.8 Å². The maximum absolute atomic E-state index is 12.8. The van der Waals surface area contributed by atoms with Crippen molar-refractivity contribution < 1.29 is 19.1 Å². The first kappa shape index (κ1) is 24.4. The van der Waals surface area contributed by atoms with Crippen molar-refractivity contribution in [1.82, 2.24) is 10.6 Å². The summed E-state index contributed by atoms with van der Waals surface area (Å²) in [5, 5.41) is 5.67. The Balaban J connectivity index is 2.67. The lowest BCUT2D eigenvalue weighted by molar-refractivity contribution is -0.156. The first-order valence-corrected chi connectivity index (χ1v) is 11.1. The molecule has 0 bridgehead atoms. The summed E-state index contributed by atoms with van der Waals surface area (Å²) in [7, 11) is 0. The number of nitrogens with one attached hydrogen (secondary N) is 2. The van der Waals surface area contributed by atoms with Crippen LogP contribution in [-0.2, 0) is 19.1 Å². The normalized spacial score (nSPS) is 17.2. The van der Waals surface area contributed by atoms with Crippen molar-refractivity contribution in [1.29, 1.82) is 0 Å². The van der Waals surface area contributed by atoms with Crippen LogP contribution in [-0.4, -0.2) is 36.0 Å². The van der Waals surface area contributed by atoms with E-state index >= 15 is 0 Å². The van der Waals surface area contributed by atoms with E-state index in [0.29, 0.717) is 6.42 Å². The fourth-order valence-electron chi connectivity index (χ4n) is 3.48. The minimum Gasteiger partial charge on any atom is -0.461 e. The van der Waals surface area contributed by atoms with Crippen molar-refractivity contribution in [3.63, 3.8) is 0 Å². The van der Waals surface area contributed by atoms with E-state index in [1.807, 2.05) is 27.7 Å². The molecule has 0 radical (unpaired) electrons. The zero-order chi connectivity index (χ0) is 21.1. The van der Waals surface area contributed by atoms with Gasteiger partial charge in [0.1, 0.15) is 18.2 Å². The Bertz CT molecular complexity index is 499. The second-order valence-corrected chi connectivity index (χ2v) is 8.67. The molecule has 0 heterocycles. The topological polar surface area (TPSA) is 84.5 Å². The summed E-state index contributed by atoms with van der Waals surface area (Å²) >= 11 is 0. The summed E-state index contributed by atoms with van der Waals surface area (Å²) in [5.41, 5.74) is 0. The molecule has 0 aromatic rings. The van der Waals surface area contributed by atoms with Crippen LogP contribution in [0.1, 0.15) is 92.4 Å². The third-order valence-electron chi connectivity index (χ3n) is 5.33. The van der Waals surface area contributed by atoms with Crippen LogP contribution in [0.3, 0.4) is 0 Å². The van der Waals surface area contributed by atoms with Gasteiger partial charge in [-0.25, -0.2) is 4.79 Å². The van der Waals surface area contributed by atoms with Gasteiger partial charge in [-0.2, -0.15) is 0 Å². The van der Waals surface area contributed by atoms with Gasteiger partial charge >= 0.3 is 5.97 Å². The zero-order valence-corrected chi connectivity index (χ0v) is 18.4. The quantitative estimate of drug-likeness (QED) is 0.412. The number of carbonyl (C=O) groups excluding carboxylic acids is 3. The van der Waals surface area contributed by atoms with Gasteiger partial charge in [0.15, 0.2) is 0 Å². The third-order valence-corrected chi connectivity index (χ3v) is 5.33. The molecule has 0 aromatic heterocycles. The Hall–Kier alpha value is -1.59. The Labute approximate surface area is 170 Å². The zero-order valence-electron chi connectivity index (χ0n) is 18.4. The van der Waals surface area contributed by atoms with Gasteiger partial charge in [0.2, 0.25) is 11.8 Å². The summed E-state index contributed by atoms with van der Waals surface area (Å²) in [6.45, 7) is 9.64. The van der Waals surface area contributed by atoms with Crippen LogP contribution in [0.2, 0.25) is 0 Å². The Morgan fingerprint density at radius 2 is 1.50 bits per heavy atom. The average Bonchev–Trinajstić information content (AvgIpc) is 2.64. The maximum atomic E-state index is 12.8. The van der Waals surface area contributed by atoms with Gasteiger partial charge in [-0.1, -0.05) is 53.9 Å². The molecule has 6 nitrogen and oxygen atoms in total. The highest BCUT2D eigenvalue weighted by Gasteiger charge is 2.32. The predicted molar refractivity (Wildman–Crippen MR) is 111 cm³/mol. The molecule has 2 N–H and O–H groups in total. The standard InChI is InChI=1S/C22H40N2O4/c1-6-7-9-14-18(25)23-19(15(2)3)21(26)24-20(16(4)5)22(27)28-17-12-10-8-11-13-17/h15-17,19-20H,6-14H2,1-5H3,(H,23,25)(H,24,26)/t19-,20-/m0/s1. The van der Waals surface area contributed by atoms with Gasteiger partial charge in [0.25, 0.3) is 0 Å². The number of carbonyl (C=O) groups is 3. The molecular weight excluding hydrogens is 356 g/mol. The lowest BCUT2D eigenvalue weighted by Gasteiger charge is -2.29. The molecule has 1 fully saturated rings. The molecule has 1 saturated carbocycles. The molecule has 0 unspecified atom stereocenters. The van der Waals surface area contributed by atoms with E-state index in [4.69, 9.17) is 4.74 Å². The predicted octanol–water partition coefficient (Wildman–Crippen LogP) is 3.72. The molecule has 162 valence electrons. The summed E-state index contributed by atoms with van der Waals surface area (Å²) < 4.78 is 5.66. The van der Waals surface area contributed by atoms with E-state index in [2.05, 4.69) is 17.6 Å². The van der Waals surface area contributed by atoms with E-state index in [-0.39, 0.29) is 35.7 Å². The number of rotatable bonds is 11. The Morgan fingerprint density at radius 1 is 0.893 bits per heavy atom. The van der Waals surface area contributed by atoms with Crippen molar-refractivity contribution in [2.75, 3.05) is 0 Å². The minimum atomic E-state index is -0.701. The molecular formula is C22H40N2O4. The average molecular weight is 397 g/mol. The summed E-state index contributed by atoms with van der Waals surface area (Å²) in [6, 6.07) is -1.36. The smallest absolute Gasteiger partial charge is 0.329 e. The van der Waals surface area contributed by atoms with Crippen LogP contribution in [0.25, 0.3) is 0 Å². The molecule has 2 amide bonds. The SMILES string of the molecule is CCCCCC(=O)N[C@H](C(=O)N[C@H](C(=O)OC1CCCCC1)C(C)C)C(C)C. The minimum absolute atomic E-state index is 0.0430. The highest BCUT2D eigenvalue weighted by molar-refractivity contribution is 5.91. The number of unbranched alkanes of at least 4 members (excludes halogenated alkanes) is 2. The first-order valence-electron chi connectivity index (χ1n) is 11.1.